The van der Waals surface area contributed by atoms with Crippen LogP contribution in [0.25, 0.3) is 0 Å². The van der Waals surface area contributed by atoms with Gasteiger partial charge in [0.25, 0.3) is 0 Å². The first kappa shape index (κ1) is 8.03. The second-order valence-corrected chi connectivity index (χ2v) is 3.74. The van der Waals surface area contributed by atoms with Crippen molar-refractivity contribution in [3.63, 3.8) is 0 Å². The van der Waals surface area contributed by atoms with Gasteiger partial charge in [-0.25, -0.2) is 0 Å². The lowest BCUT2D eigenvalue weighted by Crippen LogP contribution is -2.48. The Hall–Kier alpha value is -0.590. The Kier molecular flexibility index (Phi) is 2.03. The first-order valence-corrected chi connectivity index (χ1v) is 4.63. The quantitative estimate of drug-likeness (QED) is 0.617. The van der Waals surface area contributed by atoms with Gasteiger partial charge in [0, 0.05) is 6.42 Å². The van der Waals surface area contributed by atoms with Crippen molar-refractivity contribution >= 4 is 0 Å². The maximum Gasteiger partial charge on any atom is 0.109 e. The molecule has 2 atom stereocenters. The SMILES string of the molecule is N#CC1(CC2CO2)CCCCN1. The molecule has 0 spiro atoms. The molecule has 3 nitrogen and oxygen atoms in total. The van der Waals surface area contributed by atoms with Gasteiger partial charge in [-0.3, -0.25) is 5.32 Å². The number of ether oxygens (including phenoxy) is 1. The van der Waals surface area contributed by atoms with Gasteiger partial charge >= 0.3 is 0 Å². The van der Waals surface area contributed by atoms with Gasteiger partial charge in [0.2, 0.25) is 0 Å². The zero-order valence-electron chi connectivity index (χ0n) is 7.18. The number of hydrogen-bond acceptors (Lipinski definition) is 3. The van der Waals surface area contributed by atoms with Crippen molar-refractivity contribution in [1.29, 1.82) is 5.26 Å². The Morgan fingerprint density at radius 1 is 1.58 bits per heavy atom. The molecular formula is C9H14N2O. The van der Waals surface area contributed by atoms with E-state index in [9.17, 15) is 0 Å². The minimum Gasteiger partial charge on any atom is -0.373 e. The molecule has 66 valence electrons. The van der Waals surface area contributed by atoms with Crippen LogP contribution in [-0.4, -0.2) is 24.8 Å². The molecule has 12 heavy (non-hydrogen) atoms. The fourth-order valence-electron chi connectivity index (χ4n) is 1.86. The molecular weight excluding hydrogens is 152 g/mol. The highest BCUT2D eigenvalue weighted by atomic mass is 16.6. The number of rotatable bonds is 2. The van der Waals surface area contributed by atoms with E-state index >= 15 is 0 Å². The van der Waals surface area contributed by atoms with Gasteiger partial charge in [0.1, 0.15) is 5.54 Å². The molecule has 0 radical (unpaired) electrons. The van der Waals surface area contributed by atoms with Crippen molar-refractivity contribution in [2.75, 3.05) is 13.2 Å². The number of piperidine rings is 1. The van der Waals surface area contributed by atoms with Crippen LogP contribution in [0, 0.1) is 11.3 Å². The molecule has 0 amide bonds. The van der Waals surface area contributed by atoms with Crippen molar-refractivity contribution in [2.24, 2.45) is 0 Å². The summed E-state index contributed by atoms with van der Waals surface area (Å²) in [6.07, 6.45) is 4.60. The first-order valence-electron chi connectivity index (χ1n) is 4.63. The van der Waals surface area contributed by atoms with E-state index < -0.39 is 0 Å². The van der Waals surface area contributed by atoms with Crippen molar-refractivity contribution < 1.29 is 4.74 Å². The minimum absolute atomic E-state index is 0.264. The molecule has 0 aliphatic carbocycles. The number of epoxide rings is 1. The zero-order valence-corrected chi connectivity index (χ0v) is 7.18. The van der Waals surface area contributed by atoms with Crippen LogP contribution in [0.5, 0.6) is 0 Å². The summed E-state index contributed by atoms with van der Waals surface area (Å²) in [5, 5.41) is 12.4. The topological polar surface area (TPSA) is 48.4 Å². The van der Waals surface area contributed by atoms with Gasteiger partial charge in [-0.15, -0.1) is 0 Å². The summed E-state index contributed by atoms with van der Waals surface area (Å²) in [7, 11) is 0. The van der Waals surface area contributed by atoms with Crippen LogP contribution >= 0.6 is 0 Å². The molecule has 2 heterocycles. The molecule has 0 saturated carbocycles. The molecule has 0 aromatic rings. The molecule has 3 heteroatoms. The van der Waals surface area contributed by atoms with Crippen LogP contribution in [0.3, 0.4) is 0 Å². The van der Waals surface area contributed by atoms with Gasteiger partial charge in [0.15, 0.2) is 0 Å². The molecule has 0 bridgehead atoms. The second-order valence-electron chi connectivity index (χ2n) is 3.74. The standard InChI is InChI=1S/C9H14N2O/c10-7-9(5-8-6-12-8)3-1-2-4-11-9/h8,11H,1-6H2. The maximum atomic E-state index is 9.05. The molecule has 0 aromatic heterocycles. The molecule has 1 N–H and O–H groups in total. The third kappa shape index (κ3) is 1.60. The van der Waals surface area contributed by atoms with Crippen molar-refractivity contribution in [3.8, 4) is 6.07 Å². The Morgan fingerprint density at radius 2 is 2.42 bits per heavy atom. The number of hydrogen-bond donors (Lipinski definition) is 1. The zero-order chi connectivity index (χ0) is 8.44. The fraction of sp³-hybridized carbons (Fsp3) is 0.889. The lowest BCUT2D eigenvalue weighted by Gasteiger charge is -2.31. The maximum absolute atomic E-state index is 9.05. The largest absolute Gasteiger partial charge is 0.373 e. The van der Waals surface area contributed by atoms with Crippen molar-refractivity contribution in [2.45, 2.75) is 37.3 Å². The monoisotopic (exact) mass is 166 g/mol. The number of nitrogens with one attached hydrogen (secondary N) is 1. The van der Waals surface area contributed by atoms with Crippen LogP contribution in [0.1, 0.15) is 25.7 Å². The highest BCUT2D eigenvalue weighted by Crippen LogP contribution is 2.28. The molecule has 0 aromatic carbocycles. The summed E-state index contributed by atoms with van der Waals surface area (Å²) in [5.41, 5.74) is -0.264. The van der Waals surface area contributed by atoms with Crippen molar-refractivity contribution in [1.82, 2.24) is 5.32 Å². The smallest absolute Gasteiger partial charge is 0.109 e. The van der Waals surface area contributed by atoms with E-state index in [0.717, 1.165) is 26.0 Å². The summed E-state index contributed by atoms with van der Waals surface area (Å²) in [4.78, 5) is 0. The average Bonchev–Trinajstić information content (AvgIpc) is 2.90. The van der Waals surface area contributed by atoms with Gasteiger partial charge in [-0.1, -0.05) is 0 Å². The predicted molar refractivity (Wildman–Crippen MR) is 44.6 cm³/mol. The summed E-state index contributed by atoms with van der Waals surface area (Å²) < 4.78 is 5.15. The third-order valence-corrected chi connectivity index (χ3v) is 2.69. The van der Waals surface area contributed by atoms with E-state index in [-0.39, 0.29) is 5.54 Å². The van der Waals surface area contributed by atoms with E-state index in [0.29, 0.717) is 6.10 Å². The van der Waals surface area contributed by atoms with E-state index in [4.69, 9.17) is 10.00 Å². The highest BCUT2D eigenvalue weighted by molar-refractivity contribution is 5.10. The van der Waals surface area contributed by atoms with Crippen LogP contribution in [0.2, 0.25) is 0 Å². The van der Waals surface area contributed by atoms with Crippen LogP contribution in [0.4, 0.5) is 0 Å². The van der Waals surface area contributed by atoms with Gasteiger partial charge in [0.05, 0.1) is 18.8 Å². The Bertz CT molecular complexity index is 199. The van der Waals surface area contributed by atoms with Gasteiger partial charge in [-0.05, 0) is 25.8 Å². The number of nitrogens with zero attached hydrogens (tertiary/aromatic N) is 1. The lowest BCUT2D eigenvalue weighted by atomic mass is 9.86. The van der Waals surface area contributed by atoms with E-state index in [2.05, 4.69) is 11.4 Å². The summed E-state index contributed by atoms with van der Waals surface area (Å²) in [6, 6.07) is 2.40. The lowest BCUT2D eigenvalue weighted by molar-refractivity contribution is 0.269. The summed E-state index contributed by atoms with van der Waals surface area (Å²) in [6.45, 7) is 1.84. The van der Waals surface area contributed by atoms with Crippen molar-refractivity contribution in [3.05, 3.63) is 0 Å². The second kappa shape index (κ2) is 3.04. The Labute approximate surface area is 72.7 Å². The Balaban J connectivity index is 1.96. The molecule has 2 fully saturated rings. The van der Waals surface area contributed by atoms with Crippen LogP contribution in [-0.2, 0) is 4.74 Å². The van der Waals surface area contributed by atoms with E-state index in [1.165, 1.54) is 12.8 Å². The summed E-state index contributed by atoms with van der Waals surface area (Å²) in [5.74, 6) is 0. The van der Waals surface area contributed by atoms with E-state index in [1.54, 1.807) is 0 Å². The van der Waals surface area contributed by atoms with Crippen LogP contribution < -0.4 is 5.32 Å². The predicted octanol–water partition coefficient (Wildman–Crippen LogP) is 0.811. The van der Waals surface area contributed by atoms with Gasteiger partial charge < -0.3 is 4.74 Å². The first-order chi connectivity index (χ1) is 5.85. The molecule has 2 aliphatic heterocycles. The summed E-state index contributed by atoms with van der Waals surface area (Å²) >= 11 is 0. The number of nitriles is 1. The van der Waals surface area contributed by atoms with E-state index in [1.807, 2.05) is 0 Å². The molecule has 2 rings (SSSR count). The Morgan fingerprint density at radius 3 is 2.92 bits per heavy atom. The fourth-order valence-corrected chi connectivity index (χ4v) is 1.86. The highest BCUT2D eigenvalue weighted by Gasteiger charge is 2.38. The van der Waals surface area contributed by atoms with Crippen LogP contribution in [0.15, 0.2) is 0 Å². The average molecular weight is 166 g/mol. The normalized spacial score (nSPS) is 40.4. The van der Waals surface area contributed by atoms with Gasteiger partial charge in [-0.2, -0.15) is 5.26 Å². The molecule has 2 saturated heterocycles. The molecule has 2 aliphatic rings. The molecule has 2 unspecified atom stereocenters. The minimum atomic E-state index is -0.264. The third-order valence-electron chi connectivity index (χ3n) is 2.69.